The molecular formula is C14H17N3O3. The van der Waals surface area contributed by atoms with Crippen molar-refractivity contribution in [3.63, 3.8) is 0 Å². The molecule has 0 saturated heterocycles. The number of aromatic nitrogens is 2. The lowest BCUT2D eigenvalue weighted by atomic mass is 10.2. The molecule has 2 rings (SSSR count). The van der Waals surface area contributed by atoms with Gasteiger partial charge in [0, 0.05) is 30.4 Å². The van der Waals surface area contributed by atoms with E-state index >= 15 is 0 Å². The van der Waals surface area contributed by atoms with Crippen LogP contribution in [-0.2, 0) is 6.54 Å². The molecule has 6 heteroatoms. The average molecular weight is 275 g/mol. The van der Waals surface area contributed by atoms with Crippen LogP contribution in [0.1, 0.15) is 17.3 Å². The molecule has 0 spiro atoms. The number of methoxy groups -OCH3 is 2. The maximum absolute atomic E-state index is 12.2. The Morgan fingerprint density at radius 2 is 1.90 bits per heavy atom. The summed E-state index contributed by atoms with van der Waals surface area (Å²) in [5.41, 5.74) is 0.451. The summed E-state index contributed by atoms with van der Waals surface area (Å²) in [5, 5.41) is 6.94. The summed E-state index contributed by atoms with van der Waals surface area (Å²) in [7, 11) is 3.08. The molecule has 0 aliphatic carbocycles. The molecule has 0 unspecified atom stereocenters. The summed E-state index contributed by atoms with van der Waals surface area (Å²) in [6.07, 6.45) is 1.81. The van der Waals surface area contributed by atoms with Gasteiger partial charge in [0.1, 0.15) is 11.5 Å². The minimum atomic E-state index is -0.261. The van der Waals surface area contributed by atoms with Crippen LogP contribution in [0, 0.1) is 0 Å². The van der Waals surface area contributed by atoms with E-state index in [-0.39, 0.29) is 5.91 Å². The van der Waals surface area contributed by atoms with Crippen LogP contribution in [0.2, 0.25) is 0 Å². The maximum Gasteiger partial charge on any atom is 0.257 e. The highest BCUT2D eigenvalue weighted by Gasteiger charge is 2.11. The molecular weight excluding hydrogens is 258 g/mol. The van der Waals surface area contributed by atoms with E-state index in [9.17, 15) is 4.79 Å². The largest absolute Gasteiger partial charge is 0.497 e. The van der Waals surface area contributed by atoms with E-state index in [2.05, 4.69) is 10.4 Å². The van der Waals surface area contributed by atoms with E-state index in [1.54, 1.807) is 43.2 Å². The summed E-state index contributed by atoms with van der Waals surface area (Å²) in [5.74, 6) is 1.38. The molecule has 0 aliphatic rings. The quantitative estimate of drug-likeness (QED) is 0.908. The zero-order chi connectivity index (χ0) is 14.5. The van der Waals surface area contributed by atoms with Gasteiger partial charge in [0.25, 0.3) is 5.91 Å². The summed E-state index contributed by atoms with van der Waals surface area (Å²) >= 11 is 0. The first-order chi connectivity index (χ1) is 9.66. The van der Waals surface area contributed by atoms with Crippen molar-refractivity contribution in [3.8, 4) is 11.5 Å². The molecule has 1 heterocycles. The molecule has 0 saturated carbocycles. The third-order valence-electron chi connectivity index (χ3n) is 2.82. The van der Waals surface area contributed by atoms with Crippen molar-refractivity contribution in [2.45, 2.75) is 13.5 Å². The summed E-state index contributed by atoms with van der Waals surface area (Å²) < 4.78 is 12.0. The first-order valence-corrected chi connectivity index (χ1v) is 6.24. The number of nitrogens with zero attached hydrogens (tertiary/aromatic N) is 2. The number of hydrogen-bond donors (Lipinski definition) is 1. The standard InChI is InChI=1S/C14H17N3O3/c1-4-17-6-5-13(16-17)15-14(18)10-7-11(19-2)9-12(8-10)20-3/h5-9H,4H2,1-3H3,(H,15,16,18). The molecule has 0 radical (unpaired) electrons. The van der Waals surface area contributed by atoms with Crippen molar-refractivity contribution in [3.05, 3.63) is 36.0 Å². The number of amides is 1. The van der Waals surface area contributed by atoms with Gasteiger partial charge >= 0.3 is 0 Å². The van der Waals surface area contributed by atoms with Crippen molar-refractivity contribution in [1.82, 2.24) is 9.78 Å². The Labute approximate surface area is 117 Å². The topological polar surface area (TPSA) is 65.4 Å². The Hall–Kier alpha value is -2.50. The number of anilines is 1. The van der Waals surface area contributed by atoms with E-state index < -0.39 is 0 Å². The van der Waals surface area contributed by atoms with Gasteiger partial charge in [0.2, 0.25) is 0 Å². The predicted molar refractivity (Wildman–Crippen MR) is 75.4 cm³/mol. The van der Waals surface area contributed by atoms with Crippen molar-refractivity contribution in [2.24, 2.45) is 0 Å². The Bertz CT molecular complexity index is 585. The second kappa shape index (κ2) is 6.10. The van der Waals surface area contributed by atoms with E-state index in [0.29, 0.717) is 22.9 Å². The second-order valence-electron chi connectivity index (χ2n) is 4.11. The SMILES string of the molecule is CCn1ccc(NC(=O)c2cc(OC)cc(OC)c2)n1. The van der Waals surface area contributed by atoms with Gasteiger partial charge in [-0.1, -0.05) is 0 Å². The highest BCUT2D eigenvalue weighted by Crippen LogP contribution is 2.23. The molecule has 0 atom stereocenters. The minimum Gasteiger partial charge on any atom is -0.497 e. The number of aryl methyl sites for hydroxylation is 1. The van der Waals surface area contributed by atoms with Gasteiger partial charge in [-0.05, 0) is 19.1 Å². The van der Waals surface area contributed by atoms with E-state index in [0.717, 1.165) is 6.54 Å². The highest BCUT2D eigenvalue weighted by molar-refractivity contribution is 6.04. The van der Waals surface area contributed by atoms with Crippen molar-refractivity contribution in [1.29, 1.82) is 0 Å². The van der Waals surface area contributed by atoms with Gasteiger partial charge in [-0.2, -0.15) is 5.10 Å². The molecule has 1 N–H and O–H groups in total. The van der Waals surface area contributed by atoms with Crippen molar-refractivity contribution in [2.75, 3.05) is 19.5 Å². The lowest BCUT2D eigenvalue weighted by Gasteiger charge is -2.08. The molecule has 0 fully saturated rings. The van der Waals surface area contributed by atoms with E-state index in [4.69, 9.17) is 9.47 Å². The fourth-order valence-corrected chi connectivity index (χ4v) is 1.73. The Morgan fingerprint density at radius 1 is 1.25 bits per heavy atom. The van der Waals surface area contributed by atoms with Crippen molar-refractivity contribution < 1.29 is 14.3 Å². The Morgan fingerprint density at radius 3 is 2.40 bits per heavy atom. The number of hydrogen-bond acceptors (Lipinski definition) is 4. The molecule has 1 aromatic carbocycles. The number of rotatable bonds is 5. The lowest BCUT2D eigenvalue weighted by Crippen LogP contribution is -2.13. The molecule has 2 aromatic rings. The zero-order valence-electron chi connectivity index (χ0n) is 11.7. The van der Waals surface area contributed by atoms with Crippen LogP contribution in [0.4, 0.5) is 5.82 Å². The number of benzene rings is 1. The van der Waals surface area contributed by atoms with Gasteiger partial charge < -0.3 is 14.8 Å². The molecule has 1 amide bonds. The minimum absolute atomic E-state index is 0.261. The second-order valence-corrected chi connectivity index (χ2v) is 4.11. The zero-order valence-corrected chi connectivity index (χ0v) is 11.7. The van der Waals surface area contributed by atoms with Gasteiger partial charge in [-0.3, -0.25) is 9.48 Å². The van der Waals surface area contributed by atoms with Crippen LogP contribution in [-0.4, -0.2) is 29.9 Å². The normalized spacial score (nSPS) is 10.2. The van der Waals surface area contributed by atoms with Gasteiger partial charge in [-0.25, -0.2) is 0 Å². The Balaban J connectivity index is 2.19. The van der Waals surface area contributed by atoms with Crippen LogP contribution in [0.5, 0.6) is 11.5 Å². The third kappa shape index (κ3) is 3.09. The van der Waals surface area contributed by atoms with Gasteiger partial charge in [-0.15, -0.1) is 0 Å². The van der Waals surface area contributed by atoms with Crippen LogP contribution in [0.15, 0.2) is 30.5 Å². The summed E-state index contributed by atoms with van der Waals surface area (Å²) in [6, 6.07) is 6.75. The first-order valence-electron chi connectivity index (χ1n) is 6.24. The predicted octanol–water partition coefficient (Wildman–Crippen LogP) is 2.17. The van der Waals surface area contributed by atoms with Crippen LogP contribution in [0.25, 0.3) is 0 Å². The van der Waals surface area contributed by atoms with Crippen molar-refractivity contribution >= 4 is 11.7 Å². The van der Waals surface area contributed by atoms with Crippen LogP contribution >= 0.6 is 0 Å². The molecule has 106 valence electrons. The van der Waals surface area contributed by atoms with Crippen LogP contribution < -0.4 is 14.8 Å². The monoisotopic (exact) mass is 275 g/mol. The van der Waals surface area contributed by atoms with Gasteiger partial charge in [0.15, 0.2) is 5.82 Å². The third-order valence-corrected chi connectivity index (χ3v) is 2.82. The maximum atomic E-state index is 12.2. The number of nitrogens with one attached hydrogen (secondary N) is 1. The van der Waals surface area contributed by atoms with Crippen LogP contribution in [0.3, 0.4) is 0 Å². The fourth-order valence-electron chi connectivity index (χ4n) is 1.73. The average Bonchev–Trinajstić information content (AvgIpc) is 2.94. The summed E-state index contributed by atoms with van der Waals surface area (Å²) in [6.45, 7) is 2.73. The van der Waals surface area contributed by atoms with Gasteiger partial charge in [0.05, 0.1) is 14.2 Å². The first kappa shape index (κ1) is 13.9. The van der Waals surface area contributed by atoms with E-state index in [1.807, 2.05) is 13.1 Å². The lowest BCUT2D eigenvalue weighted by molar-refractivity contribution is 0.102. The number of carbonyl (C=O) groups is 1. The smallest absolute Gasteiger partial charge is 0.257 e. The summed E-state index contributed by atoms with van der Waals surface area (Å²) in [4.78, 5) is 12.2. The molecule has 0 aliphatic heterocycles. The molecule has 1 aromatic heterocycles. The molecule has 6 nitrogen and oxygen atoms in total. The Kier molecular flexibility index (Phi) is 4.24. The fraction of sp³-hybridized carbons (Fsp3) is 0.286. The molecule has 20 heavy (non-hydrogen) atoms. The molecule has 0 bridgehead atoms. The number of carbonyl (C=O) groups excluding carboxylic acids is 1. The number of ether oxygens (including phenoxy) is 2. The highest BCUT2D eigenvalue weighted by atomic mass is 16.5. The van der Waals surface area contributed by atoms with E-state index in [1.165, 1.54) is 0 Å².